The van der Waals surface area contributed by atoms with Crippen LogP contribution in [0, 0.1) is 0 Å². The summed E-state index contributed by atoms with van der Waals surface area (Å²) in [6.45, 7) is 0.458. The molecule has 0 radical (unpaired) electrons. The molecule has 6 aromatic rings. The number of rotatable bonds is 4. The quantitative estimate of drug-likeness (QED) is 0.254. The number of hydrogen-bond acceptors (Lipinski definition) is 5. The SMILES string of the molecule is O=C(N=Nc1c(O)n(Cc2cccc3ccccc23)c2ccccc12)C1COc2cc3ccccc3cc2O1. The van der Waals surface area contributed by atoms with Gasteiger partial charge < -0.3 is 19.1 Å². The summed E-state index contributed by atoms with van der Waals surface area (Å²) in [5.74, 6) is 0.435. The van der Waals surface area contributed by atoms with E-state index in [1.807, 2.05) is 84.9 Å². The van der Waals surface area contributed by atoms with Gasteiger partial charge in [0.2, 0.25) is 12.0 Å². The molecule has 0 saturated carbocycles. The number of para-hydroxylation sites is 1. The van der Waals surface area contributed by atoms with E-state index in [1.54, 1.807) is 4.57 Å². The lowest BCUT2D eigenvalue weighted by molar-refractivity contribution is -0.127. The molecule has 190 valence electrons. The molecule has 0 aliphatic carbocycles. The van der Waals surface area contributed by atoms with Crippen molar-refractivity contribution in [1.29, 1.82) is 0 Å². The molecule has 1 N–H and O–H groups in total. The lowest BCUT2D eigenvalue weighted by Gasteiger charge is -2.24. The van der Waals surface area contributed by atoms with Gasteiger partial charge in [-0.3, -0.25) is 4.79 Å². The zero-order valence-electron chi connectivity index (χ0n) is 20.8. The van der Waals surface area contributed by atoms with E-state index in [0.29, 0.717) is 23.4 Å². The summed E-state index contributed by atoms with van der Waals surface area (Å²) >= 11 is 0. The third kappa shape index (κ3) is 4.05. The second kappa shape index (κ2) is 9.29. The highest BCUT2D eigenvalue weighted by molar-refractivity contribution is 5.96. The molecule has 7 rings (SSSR count). The van der Waals surface area contributed by atoms with E-state index in [0.717, 1.165) is 32.6 Å². The predicted octanol–water partition coefficient (Wildman–Crippen LogP) is 7.15. The van der Waals surface area contributed by atoms with Crippen molar-refractivity contribution in [2.75, 3.05) is 6.61 Å². The first-order valence-corrected chi connectivity index (χ1v) is 12.7. The molecular formula is C32H23N3O4. The Morgan fingerprint density at radius 3 is 2.31 bits per heavy atom. The van der Waals surface area contributed by atoms with Crippen molar-refractivity contribution < 1.29 is 19.4 Å². The van der Waals surface area contributed by atoms with Crippen molar-refractivity contribution in [2.45, 2.75) is 12.6 Å². The van der Waals surface area contributed by atoms with Crippen molar-refractivity contribution in [3.63, 3.8) is 0 Å². The molecule has 0 bridgehead atoms. The van der Waals surface area contributed by atoms with Gasteiger partial charge in [-0.2, -0.15) is 0 Å². The minimum atomic E-state index is -0.936. The van der Waals surface area contributed by atoms with Gasteiger partial charge in [0, 0.05) is 5.39 Å². The topological polar surface area (TPSA) is 85.4 Å². The number of benzene rings is 5. The summed E-state index contributed by atoms with van der Waals surface area (Å²) in [4.78, 5) is 13.0. The Morgan fingerprint density at radius 1 is 0.821 bits per heavy atom. The third-order valence-corrected chi connectivity index (χ3v) is 7.12. The van der Waals surface area contributed by atoms with E-state index in [9.17, 15) is 9.90 Å². The van der Waals surface area contributed by atoms with Crippen LogP contribution in [0.2, 0.25) is 0 Å². The van der Waals surface area contributed by atoms with Crippen molar-refractivity contribution >= 4 is 44.0 Å². The third-order valence-electron chi connectivity index (χ3n) is 7.12. The zero-order chi connectivity index (χ0) is 26.3. The number of aromatic hydroxyl groups is 1. The normalized spacial score (nSPS) is 14.9. The number of carbonyl (C=O) groups excluding carboxylic acids is 1. The van der Waals surface area contributed by atoms with Gasteiger partial charge in [-0.1, -0.05) is 84.9 Å². The molecule has 1 aliphatic heterocycles. The van der Waals surface area contributed by atoms with Crippen molar-refractivity contribution in [3.8, 4) is 17.4 Å². The van der Waals surface area contributed by atoms with Crippen molar-refractivity contribution in [1.82, 2.24) is 4.57 Å². The van der Waals surface area contributed by atoms with Gasteiger partial charge in [-0.25, -0.2) is 0 Å². The first-order valence-electron chi connectivity index (χ1n) is 12.7. The molecule has 1 amide bonds. The average molecular weight is 514 g/mol. The number of nitrogens with zero attached hydrogens (tertiary/aromatic N) is 3. The maximum Gasteiger partial charge on any atom is 0.308 e. The zero-order valence-corrected chi connectivity index (χ0v) is 20.8. The minimum Gasteiger partial charge on any atom is -0.493 e. The molecule has 7 heteroatoms. The predicted molar refractivity (Wildman–Crippen MR) is 150 cm³/mol. The number of fused-ring (bicyclic) bond motifs is 4. The molecule has 1 unspecified atom stereocenters. The summed E-state index contributed by atoms with van der Waals surface area (Å²) in [7, 11) is 0. The summed E-state index contributed by atoms with van der Waals surface area (Å²) in [6.07, 6.45) is -0.936. The van der Waals surface area contributed by atoms with Crippen LogP contribution in [-0.4, -0.2) is 28.3 Å². The summed E-state index contributed by atoms with van der Waals surface area (Å²) in [5, 5.41) is 24.3. The molecule has 1 aromatic heterocycles. The van der Waals surface area contributed by atoms with Crippen LogP contribution >= 0.6 is 0 Å². The highest BCUT2D eigenvalue weighted by Crippen LogP contribution is 2.40. The number of azo groups is 1. The Kier molecular flexibility index (Phi) is 5.48. The smallest absolute Gasteiger partial charge is 0.308 e. The van der Waals surface area contributed by atoms with Gasteiger partial charge >= 0.3 is 5.91 Å². The van der Waals surface area contributed by atoms with Gasteiger partial charge in [0.25, 0.3) is 0 Å². The van der Waals surface area contributed by atoms with E-state index >= 15 is 0 Å². The Hall–Kier alpha value is -5.17. The summed E-state index contributed by atoms with van der Waals surface area (Å²) in [6, 6.07) is 33.4. The van der Waals surface area contributed by atoms with Gasteiger partial charge in [-0.15, -0.1) is 10.2 Å². The van der Waals surface area contributed by atoms with Gasteiger partial charge in [0.15, 0.2) is 17.2 Å². The fourth-order valence-corrected chi connectivity index (χ4v) is 5.17. The highest BCUT2D eigenvalue weighted by atomic mass is 16.6. The van der Waals surface area contributed by atoms with Crippen LogP contribution < -0.4 is 9.47 Å². The van der Waals surface area contributed by atoms with Crippen LogP contribution in [0.15, 0.2) is 113 Å². The lowest BCUT2D eigenvalue weighted by atomic mass is 10.0. The first-order chi connectivity index (χ1) is 19.2. The van der Waals surface area contributed by atoms with E-state index in [2.05, 4.69) is 28.4 Å². The molecule has 0 fully saturated rings. The van der Waals surface area contributed by atoms with Gasteiger partial charge in [0.05, 0.1) is 12.1 Å². The van der Waals surface area contributed by atoms with Gasteiger partial charge in [-0.05, 0) is 45.3 Å². The number of aromatic nitrogens is 1. The molecule has 2 heterocycles. The fraction of sp³-hybridized carbons (Fsp3) is 0.0938. The van der Waals surface area contributed by atoms with Crippen LogP contribution in [0.25, 0.3) is 32.4 Å². The Bertz CT molecular complexity index is 1920. The van der Waals surface area contributed by atoms with E-state index in [1.165, 1.54) is 0 Å². The maximum absolute atomic E-state index is 13.0. The minimum absolute atomic E-state index is 0.0258. The number of hydrogen-bond donors (Lipinski definition) is 1. The molecule has 1 atom stereocenters. The molecule has 5 aromatic carbocycles. The summed E-state index contributed by atoms with van der Waals surface area (Å²) < 4.78 is 13.5. The Balaban J connectivity index is 1.19. The van der Waals surface area contributed by atoms with Crippen molar-refractivity contribution in [2.24, 2.45) is 10.2 Å². The second-order valence-corrected chi connectivity index (χ2v) is 9.52. The maximum atomic E-state index is 13.0. The van der Waals surface area contributed by atoms with Crippen LogP contribution in [0.4, 0.5) is 5.69 Å². The number of carbonyl (C=O) groups is 1. The van der Waals surface area contributed by atoms with Crippen LogP contribution in [0.1, 0.15) is 5.56 Å². The average Bonchev–Trinajstić information content (AvgIpc) is 3.24. The Labute approximate surface area is 223 Å². The van der Waals surface area contributed by atoms with E-state index < -0.39 is 12.0 Å². The van der Waals surface area contributed by atoms with Gasteiger partial charge in [0.1, 0.15) is 6.61 Å². The number of amides is 1. The van der Waals surface area contributed by atoms with E-state index in [4.69, 9.17) is 9.47 Å². The van der Waals surface area contributed by atoms with Crippen LogP contribution in [0.5, 0.6) is 17.4 Å². The van der Waals surface area contributed by atoms with E-state index in [-0.39, 0.29) is 18.2 Å². The molecule has 1 aliphatic rings. The van der Waals surface area contributed by atoms with Crippen LogP contribution in [-0.2, 0) is 11.3 Å². The fourth-order valence-electron chi connectivity index (χ4n) is 5.17. The first kappa shape index (κ1) is 23.0. The second-order valence-electron chi connectivity index (χ2n) is 9.52. The molecule has 0 spiro atoms. The summed E-state index contributed by atoms with van der Waals surface area (Å²) in [5.41, 5.74) is 2.09. The molecule has 39 heavy (non-hydrogen) atoms. The van der Waals surface area contributed by atoms with Crippen LogP contribution in [0.3, 0.4) is 0 Å². The lowest BCUT2D eigenvalue weighted by Crippen LogP contribution is -2.35. The number of ether oxygens (including phenoxy) is 2. The largest absolute Gasteiger partial charge is 0.493 e. The molecule has 7 nitrogen and oxygen atoms in total. The monoisotopic (exact) mass is 513 g/mol. The molecular weight excluding hydrogens is 490 g/mol. The molecule has 0 saturated heterocycles. The standard InChI is InChI=1S/C32H23N3O4/c36-31(29-19-38-27-16-21-9-1-2-10-22(21)17-28(27)39-29)34-33-30-25-14-5-6-15-26(25)35(32(30)37)18-23-12-7-11-20-8-3-4-13-24(20)23/h1-17,29,37H,18-19H2. The highest BCUT2D eigenvalue weighted by Gasteiger charge is 2.28. The van der Waals surface area contributed by atoms with Crippen molar-refractivity contribution in [3.05, 3.63) is 109 Å². The Morgan fingerprint density at radius 2 is 1.49 bits per heavy atom.